The molecule has 0 aliphatic carbocycles. The molecule has 5 atom stereocenters. The number of thiol groups is 1. The van der Waals surface area contributed by atoms with Crippen LogP contribution in [0.2, 0.25) is 0 Å². The Balaban J connectivity index is 2.70. The van der Waals surface area contributed by atoms with E-state index in [4.69, 9.17) is 15.6 Å². The SMILES string of the molecule is N/C=C\NC1C(O)C(S)OC(CO)C1O. The second kappa shape index (κ2) is 5.57. The number of rotatable bonds is 3. The molecule has 88 valence electrons. The highest BCUT2D eigenvalue weighted by Crippen LogP contribution is 2.22. The van der Waals surface area contributed by atoms with Crippen LogP contribution in [0.4, 0.5) is 0 Å². The first-order chi connectivity index (χ1) is 7.11. The van der Waals surface area contributed by atoms with Gasteiger partial charge in [0.1, 0.15) is 23.7 Å². The number of aliphatic hydroxyl groups excluding tert-OH is 3. The number of hydrogen-bond donors (Lipinski definition) is 6. The summed E-state index contributed by atoms with van der Waals surface area (Å²) in [5.74, 6) is 0. The van der Waals surface area contributed by atoms with Crippen LogP contribution in [0.5, 0.6) is 0 Å². The zero-order valence-corrected chi connectivity index (χ0v) is 8.92. The molecule has 1 saturated heterocycles. The quantitative estimate of drug-likeness (QED) is 0.309. The topological polar surface area (TPSA) is 108 Å². The lowest BCUT2D eigenvalue weighted by atomic mass is 9.97. The first kappa shape index (κ1) is 12.6. The maximum Gasteiger partial charge on any atom is 0.129 e. The Bertz CT molecular complexity index is 229. The molecular weight excluding hydrogens is 220 g/mol. The molecule has 0 aromatic carbocycles. The fourth-order valence-corrected chi connectivity index (χ4v) is 1.81. The zero-order chi connectivity index (χ0) is 11.4. The minimum Gasteiger partial charge on any atom is -0.403 e. The van der Waals surface area contributed by atoms with E-state index in [1.54, 1.807) is 0 Å². The van der Waals surface area contributed by atoms with Gasteiger partial charge in [-0.3, -0.25) is 0 Å². The molecule has 0 bridgehead atoms. The van der Waals surface area contributed by atoms with Crippen molar-refractivity contribution in [2.75, 3.05) is 6.61 Å². The first-order valence-electron chi connectivity index (χ1n) is 4.55. The van der Waals surface area contributed by atoms with E-state index in [9.17, 15) is 10.2 Å². The highest BCUT2D eigenvalue weighted by molar-refractivity contribution is 7.80. The predicted octanol–water partition coefficient (Wildman–Crippen LogP) is -2.26. The van der Waals surface area contributed by atoms with Crippen molar-refractivity contribution in [3.63, 3.8) is 0 Å². The number of nitrogens with two attached hydrogens (primary N) is 1. The van der Waals surface area contributed by atoms with Gasteiger partial charge < -0.3 is 31.1 Å². The van der Waals surface area contributed by atoms with Crippen molar-refractivity contribution in [3.05, 3.63) is 12.4 Å². The van der Waals surface area contributed by atoms with Gasteiger partial charge in [0.25, 0.3) is 0 Å². The van der Waals surface area contributed by atoms with Crippen LogP contribution in [0.15, 0.2) is 12.4 Å². The van der Waals surface area contributed by atoms with Crippen molar-refractivity contribution >= 4 is 12.6 Å². The molecule has 5 unspecified atom stereocenters. The Morgan fingerprint density at radius 3 is 2.60 bits per heavy atom. The summed E-state index contributed by atoms with van der Waals surface area (Å²) in [7, 11) is 0. The van der Waals surface area contributed by atoms with Crippen LogP contribution in [-0.4, -0.2) is 51.7 Å². The molecule has 6 N–H and O–H groups in total. The number of ether oxygens (including phenoxy) is 1. The standard InChI is InChI=1S/C8H16N2O4S/c9-1-2-10-5-6(12)4(3-11)14-8(15)7(5)13/h1-2,4-8,10-13,15H,3,9H2/b2-1-. The van der Waals surface area contributed by atoms with Crippen molar-refractivity contribution in [1.29, 1.82) is 0 Å². The number of nitrogens with one attached hydrogen (secondary N) is 1. The predicted molar refractivity (Wildman–Crippen MR) is 57.0 cm³/mol. The fourth-order valence-electron chi connectivity index (χ4n) is 1.47. The summed E-state index contributed by atoms with van der Waals surface area (Å²) in [6, 6.07) is -0.668. The molecule has 1 fully saturated rings. The highest BCUT2D eigenvalue weighted by Gasteiger charge is 2.42. The third-order valence-corrected chi connectivity index (χ3v) is 2.72. The smallest absolute Gasteiger partial charge is 0.129 e. The van der Waals surface area contributed by atoms with Gasteiger partial charge in [0, 0.05) is 12.4 Å². The second-order valence-corrected chi connectivity index (χ2v) is 3.79. The Hall–Kier alpha value is -0.470. The molecule has 0 aromatic heterocycles. The summed E-state index contributed by atoms with van der Waals surface area (Å²) < 4.78 is 5.09. The Labute approximate surface area is 93.1 Å². The maximum absolute atomic E-state index is 9.73. The monoisotopic (exact) mass is 236 g/mol. The number of aliphatic hydroxyl groups is 3. The van der Waals surface area contributed by atoms with E-state index >= 15 is 0 Å². The van der Waals surface area contributed by atoms with E-state index in [0.29, 0.717) is 0 Å². The van der Waals surface area contributed by atoms with E-state index in [1.807, 2.05) is 0 Å². The van der Waals surface area contributed by atoms with Crippen LogP contribution >= 0.6 is 12.6 Å². The van der Waals surface area contributed by atoms with Crippen LogP contribution in [0.25, 0.3) is 0 Å². The van der Waals surface area contributed by atoms with Gasteiger partial charge in [-0.05, 0) is 0 Å². The summed E-state index contributed by atoms with van der Waals surface area (Å²) in [6.45, 7) is -0.338. The Morgan fingerprint density at radius 1 is 1.40 bits per heavy atom. The van der Waals surface area contributed by atoms with Gasteiger partial charge in [-0.15, -0.1) is 12.6 Å². The van der Waals surface area contributed by atoms with E-state index in [0.717, 1.165) is 0 Å². The van der Waals surface area contributed by atoms with Gasteiger partial charge >= 0.3 is 0 Å². The van der Waals surface area contributed by atoms with Crippen LogP contribution < -0.4 is 11.1 Å². The summed E-state index contributed by atoms with van der Waals surface area (Å²) in [6.07, 6.45) is -0.125. The summed E-state index contributed by atoms with van der Waals surface area (Å²) >= 11 is 4.00. The molecule has 6 nitrogen and oxygen atoms in total. The molecule has 0 amide bonds. The molecule has 0 radical (unpaired) electrons. The van der Waals surface area contributed by atoms with Gasteiger partial charge in [-0.1, -0.05) is 0 Å². The van der Waals surface area contributed by atoms with Gasteiger partial charge in [-0.25, -0.2) is 0 Å². The number of hydrogen-bond acceptors (Lipinski definition) is 7. The summed E-state index contributed by atoms with van der Waals surface area (Å²) in [5.41, 5.74) is 4.38. The highest BCUT2D eigenvalue weighted by atomic mass is 32.1. The van der Waals surface area contributed by atoms with Gasteiger partial charge in [-0.2, -0.15) is 0 Å². The molecule has 15 heavy (non-hydrogen) atoms. The molecule has 1 aliphatic heterocycles. The zero-order valence-electron chi connectivity index (χ0n) is 8.02. The minimum atomic E-state index is -1.02. The summed E-state index contributed by atoms with van der Waals surface area (Å²) in [4.78, 5) is 0. The van der Waals surface area contributed by atoms with Crippen molar-refractivity contribution in [1.82, 2.24) is 5.32 Å². The molecule has 1 rings (SSSR count). The maximum atomic E-state index is 9.73. The first-order valence-corrected chi connectivity index (χ1v) is 5.06. The van der Waals surface area contributed by atoms with Crippen LogP contribution in [0.1, 0.15) is 0 Å². The third kappa shape index (κ3) is 2.76. The van der Waals surface area contributed by atoms with Crippen LogP contribution in [-0.2, 0) is 4.74 Å². The molecule has 7 heteroatoms. The lowest BCUT2D eigenvalue weighted by Crippen LogP contribution is -2.61. The molecule has 1 aliphatic rings. The molecular formula is C8H16N2O4S. The van der Waals surface area contributed by atoms with Crippen molar-refractivity contribution in [2.24, 2.45) is 5.73 Å². The summed E-state index contributed by atoms with van der Waals surface area (Å²) in [5, 5.41) is 31.1. The second-order valence-electron chi connectivity index (χ2n) is 3.28. The third-order valence-electron chi connectivity index (χ3n) is 2.29. The van der Waals surface area contributed by atoms with Gasteiger partial charge in [0.2, 0.25) is 0 Å². The van der Waals surface area contributed by atoms with Crippen LogP contribution in [0, 0.1) is 0 Å². The van der Waals surface area contributed by atoms with Crippen LogP contribution in [0.3, 0.4) is 0 Å². The molecule has 0 aromatic rings. The lowest BCUT2D eigenvalue weighted by molar-refractivity contribution is -0.164. The Kier molecular flexibility index (Phi) is 4.68. The van der Waals surface area contributed by atoms with Gasteiger partial charge in [0.15, 0.2) is 0 Å². The molecule has 1 heterocycles. The average Bonchev–Trinajstić information content (AvgIpc) is 2.23. The van der Waals surface area contributed by atoms with E-state index in [-0.39, 0.29) is 6.61 Å². The Morgan fingerprint density at radius 2 is 2.07 bits per heavy atom. The van der Waals surface area contributed by atoms with Gasteiger partial charge in [0.05, 0.1) is 12.6 Å². The van der Waals surface area contributed by atoms with Crippen molar-refractivity contribution < 1.29 is 20.1 Å². The van der Waals surface area contributed by atoms with E-state index in [2.05, 4.69) is 17.9 Å². The fraction of sp³-hybridized carbons (Fsp3) is 0.750. The van der Waals surface area contributed by atoms with E-state index < -0.39 is 29.8 Å². The normalized spacial score (nSPS) is 42.0. The average molecular weight is 236 g/mol. The van der Waals surface area contributed by atoms with Crippen molar-refractivity contribution in [2.45, 2.75) is 29.8 Å². The van der Waals surface area contributed by atoms with E-state index in [1.165, 1.54) is 12.4 Å². The molecule has 0 saturated carbocycles. The van der Waals surface area contributed by atoms with Crippen molar-refractivity contribution in [3.8, 4) is 0 Å². The lowest BCUT2D eigenvalue weighted by Gasteiger charge is -2.40. The minimum absolute atomic E-state index is 0.338. The molecule has 0 spiro atoms. The largest absolute Gasteiger partial charge is 0.403 e.